The number of pyridine rings is 1. The summed E-state index contributed by atoms with van der Waals surface area (Å²) >= 11 is 0. The molecule has 0 saturated heterocycles. The molecule has 0 N–H and O–H groups in total. The van der Waals surface area contributed by atoms with Gasteiger partial charge in [0.25, 0.3) is 0 Å². The lowest BCUT2D eigenvalue weighted by atomic mass is 9.73. The second-order valence-corrected chi connectivity index (χ2v) is 8.72. The molecule has 0 atom stereocenters. The third-order valence-corrected chi connectivity index (χ3v) is 6.54. The fourth-order valence-electron chi connectivity index (χ4n) is 4.20. The highest BCUT2D eigenvalue weighted by atomic mass is 15.5. The Bertz CT molecular complexity index is 1300. The predicted molar refractivity (Wildman–Crippen MR) is 124 cm³/mol. The van der Waals surface area contributed by atoms with Gasteiger partial charge in [-0.1, -0.05) is 70.2 Å². The average Bonchev–Trinajstić information content (AvgIpc) is 3.36. The minimum absolute atomic E-state index is 0.0236. The van der Waals surface area contributed by atoms with Crippen molar-refractivity contribution in [2.24, 2.45) is 5.92 Å². The molecular weight excluding hydrogens is 368 g/mol. The zero-order valence-corrected chi connectivity index (χ0v) is 17.9. The minimum Gasteiger partial charge on any atom is -0.254 e. The van der Waals surface area contributed by atoms with E-state index in [4.69, 9.17) is 4.98 Å². The van der Waals surface area contributed by atoms with Gasteiger partial charge in [0.05, 0.1) is 16.6 Å². The molecular formula is C26H26N4. The van der Waals surface area contributed by atoms with E-state index in [1.807, 2.05) is 24.7 Å². The lowest BCUT2D eigenvalue weighted by Crippen LogP contribution is -2.25. The van der Waals surface area contributed by atoms with Crippen LogP contribution >= 0.6 is 0 Å². The first kappa shape index (κ1) is 18.6. The number of benzene rings is 2. The quantitative estimate of drug-likeness (QED) is 0.359. The molecule has 5 rings (SSSR count). The van der Waals surface area contributed by atoms with Gasteiger partial charge in [-0.05, 0) is 35.1 Å². The molecule has 3 aromatic heterocycles. The Morgan fingerprint density at radius 2 is 1.53 bits per heavy atom. The van der Waals surface area contributed by atoms with Crippen molar-refractivity contribution in [2.45, 2.75) is 33.1 Å². The van der Waals surface area contributed by atoms with Gasteiger partial charge < -0.3 is 0 Å². The molecule has 0 aliphatic carbocycles. The summed E-state index contributed by atoms with van der Waals surface area (Å²) in [6, 6.07) is 21.2. The summed E-state index contributed by atoms with van der Waals surface area (Å²) in [6.45, 7) is 9.19. The van der Waals surface area contributed by atoms with E-state index in [1.165, 1.54) is 5.56 Å². The largest absolute Gasteiger partial charge is 0.254 e. The smallest absolute Gasteiger partial charge is 0.159 e. The molecule has 4 nitrogen and oxygen atoms in total. The summed E-state index contributed by atoms with van der Waals surface area (Å²) in [6.07, 6.45) is 5.77. The van der Waals surface area contributed by atoms with Gasteiger partial charge in [-0.2, -0.15) is 0 Å². The fourth-order valence-corrected chi connectivity index (χ4v) is 4.20. The van der Waals surface area contributed by atoms with E-state index in [9.17, 15) is 0 Å². The monoisotopic (exact) mass is 394 g/mol. The van der Waals surface area contributed by atoms with Crippen LogP contribution in [-0.4, -0.2) is 19.3 Å². The number of aromatic nitrogens is 4. The summed E-state index contributed by atoms with van der Waals surface area (Å²) in [4.78, 5) is 9.48. The number of para-hydroxylation sites is 1. The second-order valence-electron chi connectivity index (χ2n) is 8.72. The summed E-state index contributed by atoms with van der Waals surface area (Å²) in [5.74, 6) is 1.44. The van der Waals surface area contributed by atoms with Gasteiger partial charge >= 0.3 is 0 Å². The number of hydrogen-bond donors (Lipinski definition) is 0. The first-order valence-electron chi connectivity index (χ1n) is 10.5. The van der Waals surface area contributed by atoms with Crippen LogP contribution in [0.5, 0.6) is 0 Å². The molecule has 0 aliphatic rings. The maximum Gasteiger partial charge on any atom is 0.159 e. The molecule has 30 heavy (non-hydrogen) atoms. The number of rotatable bonds is 4. The predicted octanol–water partition coefficient (Wildman–Crippen LogP) is 6.30. The number of imidazole rings is 1. The molecule has 0 amide bonds. The van der Waals surface area contributed by atoms with E-state index in [0.29, 0.717) is 5.92 Å². The van der Waals surface area contributed by atoms with E-state index in [0.717, 1.165) is 33.3 Å². The Balaban J connectivity index is 1.82. The van der Waals surface area contributed by atoms with Crippen LogP contribution < -0.4 is 0 Å². The van der Waals surface area contributed by atoms with Crippen LogP contribution in [0.1, 0.15) is 33.3 Å². The van der Waals surface area contributed by atoms with Crippen molar-refractivity contribution in [1.29, 1.82) is 0 Å². The maximum atomic E-state index is 4.81. The molecule has 0 bridgehead atoms. The van der Waals surface area contributed by atoms with E-state index in [2.05, 4.69) is 96.6 Å². The Kier molecular flexibility index (Phi) is 4.24. The van der Waals surface area contributed by atoms with Gasteiger partial charge in [0.2, 0.25) is 0 Å². The summed E-state index contributed by atoms with van der Waals surface area (Å²) < 4.78 is 4.38. The molecule has 3 heterocycles. The fraction of sp³-hybridized carbons (Fsp3) is 0.231. The molecule has 0 spiro atoms. The van der Waals surface area contributed by atoms with Crippen molar-refractivity contribution < 1.29 is 0 Å². The standard InChI is InChI=1S/C26H26N4/c1-18(2)26(3,4)21-12-7-5-10-19(21)25-28-16-17-29(25)30-22-13-8-6-11-20(22)24-23(30)14-9-15-27-24/h5-18H,1-4H3. The summed E-state index contributed by atoms with van der Waals surface area (Å²) in [5.41, 5.74) is 5.69. The van der Waals surface area contributed by atoms with Crippen LogP contribution in [-0.2, 0) is 5.41 Å². The molecule has 0 unspecified atom stereocenters. The third-order valence-electron chi connectivity index (χ3n) is 6.54. The highest BCUT2D eigenvalue weighted by Crippen LogP contribution is 2.38. The van der Waals surface area contributed by atoms with Crippen molar-refractivity contribution in [1.82, 2.24) is 19.3 Å². The zero-order valence-electron chi connectivity index (χ0n) is 17.9. The van der Waals surface area contributed by atoms with Crippen molar-refractivity contribution in [3.05, 3.63) is 84.8 Å². The van der Waals surface area contributed by atoms with Crippen molar-refractivity contribution in [2.75, 3.05) is 0 Å². The van der Waals surface area contributed by atoms with Gasteiger partial charge in [-0.3, -0.25) is 4.98 Å². The molecule has 4 heteroatoms. The van der Waals surface area contributed by atoms with Gasteiger partial charge in [-0.15, -0.1) is 0 Å². The van der Waals surface area contributed by atoms with Crippen molar-refractivity contribution in [3.8, 4) is 11.4 Å². The van der Waals surface area contributed by atoms with Crippen LogP contribution in [0, 0.1) is 5.92 Å². The van der Waals surface area contributed by atoms with Gasteiger partial charge in [0.1, 0.15) is 0 Å². The number of hydrogen-bond acceptors (Lipinski definition) is 2. The Morgan fingerprint density at radius 1 is 0.800 bits per heavy atom. The molecule has 5 aromatic rings. The Labute approximate surface area is 176 Å². The van der Waals surface area contributed by atoms with E-state index in [1.54, 1.807) is 0 Å². The van der Waals surface area contributed by atoms with E-state index in [-0.39, 0.29) is 5.41 Å². The SMILES string of the molecule is CC(C)C(C)(C)c1ccccc1-c1nccn1-n1c2ccccc2c2ncccc21. The second kappa shape index (κ2) is 6.84. The number of nitrogens with zero attached hydrogens (tertiary/aromatic N) is 4. The molecule has 150 valence electrons. The van der Waals surface area contributed by atoms with Crippen LogP contribution in [0.25, 0.3) is 33.3 Å². The van der Waals surface area contributed by atoms with Gasteiger partial charge in [0.15, 0.2) is 5.82 Å². The van der Waals surface area contributed by atoms with Crippen LogP contribution in [0.2, 0.25) is 0 Å². The first-order chi connectivity index (χ1) is 14.5. The molecule has 0 fully saturated rings. The first-order valence-corrected chi connectivity index (χ1v) is 10.5. The Morgan fingerprint density at radius 3 is 2.37 bits per heavy atom. The van der Waals surface area contributed by atoms with E-state index >= 15 is 0 Å². The van der Waals surface area contributed by atoms with E-state index < -0.39 is 0 Å². The van der Waals surface area contributed by atoms with Crippen molar-refractivity contribution >= 4 is 21.9 Å². The lowest BCUT2D eigenvalue weighted by Gasteiger charge is -2.32. The molecule has 0 aliphatic heterocycles. The summed E-state index contributed by atoms with van der Waals surface area (Å²) in [5, 5.41) is 1.14. The Hall–Kier alpha value is -3.40. The molecule has 0 radical (unpaired) electrons. The van der Waals surface area contributed by atoms with Gasteiger partial charge in [-0.25, -0.2) is 14.3 Å². The third kappa shape index (κ3) is 2.67. The van der Waals surface area contributed by atoms with Crippen LogP contribution in [0.3, 0.4) is 0 Å². The average molecular weight is 395 g/mol. The summed E-state index contributed by atoms with van der Waals surface area (Å²) in [7, 11) is 0. The highest BCUT2D eigenvalue weighted by Gasteiger charge is 2.29. The zero-order chi connectivity index (χ0) is 20.9. The maximum absolute atomic E-state index is 4.81. The van der Waals surface area contributed by atoms with Crippen LogP contribution in [0.15, 0.2) is 79.3 Å². The molecule has 0 saturated carbocycles. The topological polar surface area (TPSA) is 35.6 Å². The van der Waals surface area contributed by atoms with Gasteiger partial charge in [0, 0.05) is 29.5 Å². The van der Waals surface area contributed by atoms with Crippen molar-refractivity contribution in [3.63, 3.8) is 0 Å². The lowest BCUT2D eigenvalue weighted by molar-refractivity contribution is 0.373. The highest BCUT2D eigenvalue weighted by molar-refractivity contribution is 6.05. The van der Waals surface area contributed by atoms with Crippen LogP contribution in [0.4, 0.5) is 0 Å². The minimum atomic E-state index is 0.0236. The number of fused-ring (bicyclic) bond motifs is 3. The normalized spacial score (nSPS) is 12.3. The molecule has 2 aromatic carbocycles.